The lowest BCUT2D eigenvalue weighted by Crippen LogP contribution is -2.32. The number of anilines is 1. The van der Waals surface area contributed by atoms with E-state index >= 15 is 0 Å². The first kappa shape index (κ1) is 14.6. The maximum Gasteiger partial charge on any atom is 0.303 e. The maximum absolute atomic E-state index is 10.7. The Labute approximate surface area is 109 Å². The first-order chi connectivity index (χ1) is 8.49. The summed E-state index contributed by atoms with van der Waals surface area (Å²) in [5.41, 5.74) is 1.17. The van der Waals surface area contributed by atoms with Crippen LogP contribution in [0.3, 0.4) is 0 Å². The van der Waals surface area contributed by atoms with Crippen LogP contribution in [0.25, 0.3) is 0 Å². The van der Waals surface area contributed by atoms with Gasteiger partial charge in [0.1, 0.15) is 0 Å². The molecule has 1 rings (SSSR count). The number of carboxylic acid groups (broad SMARTS) is 1. The lowest BCUT2D eigenvalue weighted by atomic mass is 10.1. The molecular formula is C15H23NO2. The molecule has 3 heteroatoms. The standard InChI is InChI=1S/C15H23NO2/c1-12(2)10-16(11-13(3)9-15(17)18)14-7-5-4-6-8-14/h4-8,12-13H,9-11H2,1-3H3,(H,17,18)/t13-/m1/s1. The number of hydrogen-bond donors (Lipinski definition) is 1. The average Bonchev–Trinajstić information content (AvgIpc) is 2.27. The van der Waals surface area contributed by atoms with Gasteiger partial charge in [0.25, 0.3) is 0 Å². The molecule has 18 heavy (non-hydrogen) atoms. The highest BCUT2D eigenvalue weighted by Crippen LogP contribution is 2.18. The number of hydrogen-bond acceptors (Lipinski definition) is 2. The SMILES string of the molecule is CC(C)CN(C[C@H](C)CC(=O)O)c1ccccc1. The van der Waals surface area contributed by atoms with Gasteiger partial charge in [0.2, 0.25) is 0 Å². The Morgan fingerprint density at radius 2 is 1.78 bits per heavy atom. The van der Waals surface area contributed by atoms with Crippen molar-refractivity contribution < 1.29 is 9.90 Å². The molecule has 0 aromatic heterocycles. The smallest absolute Gasteiger partial charge is 0.303 e. The fourth-order valence-electron chi connectivity index (χ4n) is 2.10. The molecule has 1 N–H and O–H groups in total. The summed E-state index contributed by atoms with van der Waals surface area (Å²) in [6.45, 7) is 8.09. The summed E-state index contributed by atoms with van der Waals surface area (Å²) in [7, 11) is 0. The molecular weight excluding hydrogens is 226 g/mol. The molecule has 0 amide bonds. The molecule has 0 unspecified atom stereocenters. The normalized spacial score (nSPS) is 12.4. The van der Waals surface area contributed by atoms with E-state index in [0.29, 0.717) is 5.92 Å². The van der Waals surface area contributed by atoms with E-state index in [0.717, 1.165) is 13.1 Å². The van der Waals surface area contributed by atoms with E-state index in [2.05, 4.69) is 30.9 Å². The number of carbonyl (C=O) groups is 1. The van der Waals surface area contributed by atoms with Crippen LogP contribution < -0.4 is 4.90 Å². The van der Waals surface area contributed by atoms with Gasteiger partial charge in [-0.3, -0.25) is 4.79 Å². The number of aliphatic carboxylic acids is 1. The Balaban J connectivity index is 2.70. The molecule has 0 fully saturated rings. The van der Waals surface area contributed by atoms with Gasteiger partial charge in [-0.2, -0.15) is 0 Å². The van der Waals surface area contributed by atoms with Crippen molar-refractivity contribution in [2.45, 2.75) is 27.2 Å². The van der Waals surface area contributed by atoms with Crippen molar-refractivity contribution >= 4 is 11.7 Å². The van der Waals surface area contributed by atoms with Crippen LogP contribution in [0.4, 0.5) is 5.69 Å². The topological polar surface area (TPSA) is 40.5 Å². The molecule has 0 saturated heterocycles. The molecule has 3 nitrogen and oxygen atoms in total. The van der Waals surface area contributed by atoms with Crippen molar-refractivity contribution in [3.63, 3.8) is 0 Å². The zero-order valence-electron chi connectivity index (χ0n) is 11.5. The van der Waals surface area contributed by atoms with Crippen molar-refractivity contribution in [2.75, 3.05) is 18.0 Å². The molecule has 0 bridgehead atoms. The van der Waals surface area contributed by atoms with E-state index in [1.165, 1.54) is 5.69 Å². The number of para-hydroxylation sites is 1. The van der Waals surface area contributed by atoms with E-state index in [1.54, 1.807) is 0 Å². The molecule has 0 saturated carbocycles. The van der Waals surface area contributed by atoms with Crippen molar-refractivity contribution in [3.8, 4) is 0 Å². The monoisotopic (exact) mass is 249 g/mol. The predicted molar refractivity (Wildman–Crippen MR) is 74.9 cm³/mol. The fourth-order valence-corrected chi connectivity index (χ4v) is 2.10. The quantitative estimate of drug-likeness (QED) is 0.806. The van der Waals surface area contributed by atoms with Crippen LogP contribution >= 0.6 is 0 Å². The van der Waals surface area contributed by atoms with Gasteiger partial charge >= 0.3 is 5.97 Å². The van der Waals surface area contributed by atoms with Crippen molar-refractivity contribution in [3.05, 3.63) is 30.3 Å². The van der Waals surface area contributed by atoms with E-state index in [4.69, 9.17) is 5.11 Å². The molecule has 1 aromatic carbocycles. The van der Waals surface area contributed by atoms with Crippen molar-refractivity contribution in [1.29, 1.82) is 0 Å². The second-order valence-electron chi connectivity index (χ2n) is 5.34. The van der Waals surface area contributed by atoms with Crippen LogP contribution in [0.1, 0.15) is 27.2 Å². The van der Waals surface area contributed by atoms with Gasteiger partial charge in [-0.25, -0.2) is 0 Å². The molecule has 0 radical (unpaired) electrons. The van der Waals surface area contributed by atoms with Gasteiger partial charge in [0.05, 0.1) is 0 Å². The van der Waals surface area contributed by atoms with Crippen LogP contribution in [-0.2, 0) is 4.79 Å². The molecule has 1 atom stereocenters. The zero-order chi connectivity index (χ0) is 13.5. The van der Waals surface area contributed by atoms with Crippen LogP contribution in [0.2, 0.25) is 0 Å². The minimum Gasteiger partial charge on any atom is -0.481 e. The maximum atomic E-state index is 10.7. The second-order valence-corrected chi connectivity index (χ2v) is 5.34. The molecule has 0 aliphatic heterocycles. The Morgan fingerprint density at radius 3 is 2.28 bits per heavy atom. The molecule has 100 valence electrons. The summed E-state index contributed by atoms with van der Waals surface area (Å²) >= 11 is 0. The van der Waals surface area contributed by atoms with Crippen LogP contribution in [0.15, 0.2) is 30.3 Å². The summed E-state index contributed by atoms with van der Waals surface area (Å²) in [6, 6.07) is 10.2. The third-order valence-corrected chi connectivity index (χ3v) is 2.76. The highest BCUT2D eigenvalue weighted by Gasteiger charge is 2.14. The summed E-state index contributed by atoms with van der Waals surface area (Å²) < 4.78 is 0. The largest absolute Gasteiger partial charge is 0.481 e. The van der Waals surface area contributed by atoms with Gasteiger partial charge < -0.3 is 10.0 Å². The van der Waals surface area contributed by atoms with Crippen LogP contribution in [0.5, 0.6) is 0 Å². The molecule has 1 aromatic rings. The fraction of sp³-hybridized carbons (Fsp3) is 0.533. The third kappa shape index (κ3) is 5.21. The third-order valence-electron chi connectivity index (χ3n) is 2.76. The van der Waals surface area contributed by atoms with Crippen molar-refractivity contribution in [2.24, 2.45) is 11.8 Å². The number of carboxylic acids is 1. The average molecular weight is 249 g/mol. The predicted octanol–water partition coefficient (Wildman–Crippen LogP) is 3.26. The zero-order valence-corrected chi connectivity index (χ0v) is 11.5. The minimum atomic E-state index is -0.722. The lowest BCUT2D eigenvalue weighted by Gasteiger charge is -2.29. The first-order valence-electron chi connectivity index (χ1n) is 6.50. The highest BCUT2D eigenvalue weighted by atomic mass is 16.4. The highest BCUT2D eigenvalue weighted by molar-refractivity contribution is 5.67. The first-order valence-corrected chi connectivity index (χ1v) is 6.50. The van der Waals surface area contributed by atoms with E-state index in [1.807, 2.05) is 25.1 Å². The lowest BCUT2D eigenvalue weighted by molar-refractivity contribution is -0.137. The van der Waals surface area contributed by atoms with E-state index in [9.17, 15) is 4.79 Å². The van der Waals surface area contributed by atoms with Gasteiger partial charge in [-0.1, -0.05) is 39.0 Å². The summed E-state index contributed by atoms with van der Waals surface area (Å²) in [6.07, 6.45) is 0.224. The van der Waals surface area contributed by atoms with E-state index in [-0.39, 0.29) is 12.3 Å². The number of nitrogens with zero attached hydrogens (tertiary/aromatic N) is 1. The Kier molecular flexibility index (Phi) is 5.69. The molecule has 0 aliphatic carbocycles. The Bertz CT molecular complexity index is 362. The van der Waals surface area contributed by atoms with Crippen LogP contribution in [-0.4, -0.2) is 24.2 Å². The molecule has 0 spiro atoms. The minimum absolute atomic E-state index is 0.154. The van der Waals surface area contributed by atoms with Gasteiger partial charge in [0.15, 0.2) is 0 Å². The number of rotatable bonds is 7. The summed E-state index contributed by atoms with van der Waals surface area (Å²) in [5.74, 6) is -0.0104. The second kappa shape index (κ2) is 7.04. The van der Waals surface area contributed by atoms with Crippen molar-refractivity contribution in [1.82, 2.24) is 0 Å². The Hall–Kier alpha value is -1.51. The summed E-state index contributed by atoms with van der Waals surface area (Å²) in [5, 5.41) is 8.83. The molecule has 0 heterocycles. The van der Waals surface area contributed by atoms with Gasteiger partial charge in [0, 0.05) is 25.2 Å². The van der Waals surface area contributed by atoms with Crippen LogP contribution in [0, 0.1) is 11.8 Å². The molecule has 0 aliphatic rings. The van der Waals surface area contributed by atoms with E-state index < -0.39 is 5.97 Å². The van der Waals surface area contributed by atoms with Gasteiger partial charge in [-0.15, -0.1) is 0 Å². The summed E-state index contributed by atoms with van der Waals surface area (Å²) in [4.78, 5) is 13.0. The van der Waals surface area contributed by atoms with Gasteiger partial charge in [-0.05, 0) is 24.0 Å². The number of benzene rings is 1. The Morgan fingerprint density at radius 1 is 1.17 bits per heavy atom.